The molecule has 5 heteroatoms. The minimum absolute atomic E-state index is 0.665. The highest BCUT2D eigenvalue weighted by Gasteiger charge is 2.51. The van der Waals surface area contributed by atoms with Gasteiger partial charge in [0.1, 0.15) is 0 Å². The highest BCUT2D eigenvalue weighted by Crippen LogP contribution is 2.37. The first-order chi connectivity index (χ1) is 9.66. The fourth-order valence-corrected chi connectivity index (χ4v) is 5.26. The Kier molecular flexibility index (Phi) is 7.98. The van der Waals surface area contributed by atoms with Gasteiger partial charge in [-0.1, -0.05) is 27.4 Å². The van der Waals surface area contributed by atoms with Crippen molar-refractivity contribution in [1.29, 1.82) is 0 Å². The number of ether oxygens (including phenoxy) is 1. The van der Waals surface area contributed by atoms with Gasteiger partial charge in [0.05, 0.1) is 6.61 Å². The first kappa shape index (κ1) is 17.8. The third kappa shape index (κ3) is 4.97. The Morgan fingerprint density at radius 1 is 1.10 bits per heavy atom. The molecule has 0 aromatic carbocycles. The van der Waals surface area contributed by atoms with E-state index in [4.69, 9.17) is 18.0 Å². The summed E-state index contributed by atoms with van der Waals surface area (Å²) in [6.45, 7) is 12.2. The van der Waals surface area contributed by atoms with E-state index in [0.29, 0.717) is 19.8 Å². The molecule has 118 valence electrons. The highest BCUT2D eigenvalue weighted by molar-refractivity contribution is 6.61. The van der Waals surface area contributed by atoms with Crippen LogP contribution in [0, 0.1) is 0 Å². The maximum atomic E-state index is 6.27. The standard InChI is InChI=1S/C15H30O4Si/c1-5-11-16-15(8-4)10-9-14-20(19-15,17-12-6-2)18-13-7-3/h8H,4-7,9-14H2,1-3H3. The monoisotopic (exact) mass is 302 g/mol. The Balaban J connectivity index is 2.78. The van der Waals surface area contributed by atoms with E-state index < -0.39 is 14.6 Å². The van der Waals surface area contributed by atoms with E-state index in [1.807, 2.05) is 0 Å². The second-order valence-corrected chi connectivity index (χ2v) is 7.85. The average molecular weight is 302 g/mol. The van der Waals surface area contributed by atoms with E-state index in [0.717, 1.165) is 38.1 Å². The van der Waals surface area contributed by atoms with E-state index in [1.165, 1.54) is 0 Å². The van der Waals surface area contributed by atoms with E-state index in [-0.39, 0.29) is 0 Å². The van der Waals surface area contributed by atoms with E-state index in [1.54, 1.807) is 6.08 Å². The molecule has 1 fully saturated rings. The van der Waals surface area contributed by atoms with Crippen molar-refractivity contribution in [3.63, 3.8) is 0 Å². The number of hydrogen-bond acceptors (Lipinski definition) is 4. The Hall–Kier alpha value is -0.203. The van der Waals surface area contributed by atoms with Gasteiger partial charge in [0.25, 0.3) is 0 Å². The van der Waals surface area contributed by atoms with Crippen LogP contribution < -0.4 is 0 Å². The molecule has 0 aromatic heterocycles. The molecule has 0 bridgehead atoms. The highest BCUT2D eigenvalue weighted by atomic mass is 28.4. The molecule has 0 aliphatic carbocycles. The van der Waals surface area contributed by atoms with Gasteiger partial charge in [-0.05, 0) is 31.8 Å². The predicted octanol–water partition coefficient (Wildman–Crippen LogP) is 3.90. The van der Waals surface area contributed by atoms with Crippen molar-refractivity contribution in [1.82, 2.24) is 0 Å². The van der Waals surface area contributed by atoms with E-state index >= 15 is 0 Å². The van der Waals surface area contributed by atoms with Gasteiger partial charge in [0.15, 0.2) is 5.79 Å². The summed E-state index contributed by atoms with van der Waals surface area (Å²) in [6, 6.07) is 0.873. The van der Waals surface area contributed by atoms with Crippen LogP contribution in [0.5, 0.6) is 0 Å². The van der Waals surface area contributed by atoms with Gasteiger partial charge in [-0.25, -0.2) is 0 Å². The summed E-state index contributed by atoms with van der Waals surface area (Å²) < 4.78 is 24.2. The summed E-state index contributed by atoms with van der Waals surface area (Å²) in [5.74, 6) is -0.720. The molecule has 1 saturated heterocycles. The van der Waals surface area contributed by atoms with Crippen LogP contribution in [0.15, 0.2) is 12.7 Å². The van der Waals surface area contributed by atoms with Gasteiger partial charge in [0.2, 0.25) is 0 Å². The maximum Gasteiger partial charge on any atom is 0.503 e. The summed E-state index contributed by atoms with van der Waals surface area (Å²) in [6.07, 6.45) is 6.48. The number of rotatable bonds is 10. The molecule has 0 aromatic rings. The Labute approximate surface area is 124 Å². The van der Waals surface area contributed by atoms with Crippen molar-refractivity contribution < 1.29 is 18.0 Å². The topological polar surface area (TPSA) is 36.9 Å². The molecule has 1 atom stereocenters. The molecule has 1 heterocycles. The molecule has 1 aliphatic rings. The molecule has 20 heavy (non-hydrogen) atoms. The van der Waals surface area contributed by atoms with Crippen LogP contribution >= 0.6 is 0 Å². The van der Waals surface area contributed by atoms with Crippen molar-refractivity contribution in [2.24, 2.45) is 0 Å². The summed E-state index contributed by atoms with van der Waals surface area (Å²) >= 11 is 0. The summed E-state index contributed by atoms with van der Waals surface area (Å²) in [4.78, 5) is 0. The second kappa shape index (κ2) is 8.95. The van der Waals surface area contributed by atoms with Crippen molar-refractivity contribution in [3.05, 3.63) is 12.7 Å². The predicted molar refractivity (Wildman–Crippen MR) is 82.5 cm³/mol. The third-order valence-corrected chi connectivity index (χ3v) is 6.16. The van der Waals surface area contributed by atoms with Gasteiger partial charge in [-0.15, -0.1) is 0 Å². The summed E-state index contributed by atoms with van der Waals surface area (Å²) in [5.41, 5.74) is 0. The lowest BCUT2D eigenvalue weighted by Crippen LogP contribution is -2.56. The average Bonchev–Trinajstić information content (AvgIpc) is 2.49. The van der Waals surface area contributed by atoms with E-state index in [9.17, 15) is 0 Å². The summed E-state index contributed by atoms with van der Waals surface area (Å²) in [7, 11) is -2.63. The van der Waals surface area contributed by atoms with Gasteiger partial charge in [-0.2, -0.15) is 0 Å². The quantitative estimate of drug-likeness (QED) is 0.453. The lowest BCUT2D eigenvalue weighted by molar-refractivity contribution is -0.192. The molecule has 1 rings (SSSR count). The third-order valence-electron chi connectivity index (χ3n) is 3.25. The Morgan fingerprint density at radius 3 is 2.20 bits per heavy atom. The van der Waals surface area contributed by atoms with Crippen molar-refractivity contribution in [2.75, 3.05) is 19.8 Å². The van der Waals surface area contributed by atoms with Crippen LogP contribution in [0.25, 0.3) is 0 Å². The molecule has 0 spiro atoms. The molecule has 1 aliphatic heterocycles. The molecule has 0 N–H and O–H groups in total. The molecule has 0 amide bonds. The fraction of sp³-hybridized carbons (Fsp3) is 0.867. The lowest BCUT2D eigenvalue weighted by atomic mass is 10.1. The minimum atomic E-state index is -2.63. The zero-order valence-electron chi connectivity index (χ0n) is 13.3. The summed E-state index contributed by atoms with van der Waals surface area (Å²) in [5, 5.41) is 0. The van der Waals surface area contributed by atoms with E-state index in [2.05, 4.69) is 27.4 Å². The normalized spacial score (nSPS) is 25.6. The minimum Gasteiger partial charge on any atom is -0.373 e. The fourth-order valence-electron chi connectivity index (χ4n) is 2.26. The molecule has 4 nitrogen and oxygen atoms in total. The molecule has 0 saturated carbocycles. The smallest absolute Gasteiger partial charge is 0.373 e. The molecule has 0 radical (unpaired) electrons. The SMILES string of the molecule is C=CC1(OCCC)CCC[Si](OCCC)(OCCC)O1. The van der Waals surface area contributed by atoms with Crippen LogP contribution in [-0.4, -0.2) is 34.4 Å². The van der Waals surface area contributed by atoms with Crippen molar-refractivity contribution in [2.45, 2.75) is 64.7 Å². The van der Waals surface area contributed by atoms with Gasteiger partial charge >= 0.3 is 8.80 Å². The maximum absolute atomic E-state index is 6.27. The van der Waals surface area contributed by atoms with Crippen LogP contribution in [0.1, 0.15) is 52.9 Å². The Morgan fingerprint density at radius 2 is 1.70 bits per heavy atom. The van der Waals surface area contributed by atoms with Crippen LogP contribution in [0.4, 0.5) is 0 Å². The second-order valence-electron chi connectivity index (χ2n) is 5.20. The molecular formula is C15H30O4Si. The number of hydrogen-bond donors (Lipinski definition) is 0. The van der Waals surface area contributed by atoms with Crippen molar-refractivity contribution in [3.8, 4) is 0 Å². The van der Waals surface area contributed by atoms with Crippen LogP contribution in [-0.2, 0) is 18.0 Å². The molecule has 1 unspecified atom stereocenters. The van der Waals surface area contributed by atoms with Gasteiger partial charge in [-0.3, -0.25) is 0 Å². The largest absolute Gasteiger partial charge is 0.503 e. The van der Waals surface area contributed by atoms with Gasteiger partial charge in [0, 0.05) is 25.7 Å². The molecular weight excluding hydrogens is 272 g/mol. The van der Waals surface area contributed by atoms with Crippen LogP contribution in [0.3, 0.4) is 0 Å². The lowest BCUT2D eigenvalue weighted by Gasteiger charge is -2.43. The van der Waals surface area contributed by atoms with Gasteiger partial charge < -0.3 is 18.0 Å². The first-order valence-corrected chi connectivity index (χ1v) is 9.84. The van der Waals surface area contributed by atoms with Crippen molar-refractivity contribution >= 4 is 8.80 Å². The zero-order chi connectivity index (χ0) is 14.9. The first-order valence-electron chi connectivity index (χ1n) is 7.91. The Bertz CT molecular complexity index is 277. The zero-order valence-corrected chi connectivity index (χ0v) is 14.3. The van der Waals surface area contributed by atoms with Crippen LogP contribution in [0.2, 0.25) is 6.04 Å².